The molecule has 12 heteroatoms. The molecular weight excluding hydrogens is 553 g/mol. The maximum absolute atomic E-state index is 13.3. The molecule has 1 N–H and O–H groups in total. The first-order chi connectivity index (χ1) is 19.7. The third-order valence-corrected chi connectivity index (χ3v) is 8.36. The Morgan fingerprint density at radius 1 is 0.829 bits per heavy atom. The lowest BCUT2D eigenvalue weighted by Crippen LogP contribution is -2.49. The van der Waals surface area contributed by atoms with Crippen LogP contribution in [0.2, 0.25) is 0 Å². The van der Waals surface area contributed by atoms with E-state index in [0.29, 0.717) is 66.8 Å². The highest BCUT2D eigenvalue weighted by atomic mass is 32.2. The average Bonchev–Trinajstić information content (AvgIpc) is 3.00. The SMILES string of the molecule is COc1ccc(S(=O)(=O)NCCc2ccc(F)cc2)cc1N1CCN(C(=O)c2cc(OC)c(OC)c(OC)c2)CC1. The molecule has 1 fully saturated rings. The number of anilines is 1. The summed E-state index contributed by atoms with van der Waals surface area (Å²) in [6.07, 6.45) is 0.421. The van der Waals surface area contributed by atoms with Crippen molar-refractivity contribution in [2.75, 3.05) is 66.1 Å². The third-order valence-electron chi connectivity index (χ3n) is 6.90. The predicted octanol–water partition coefficient (Wildman–Crippen LogP) is 3.34. The van der Waals surface area contributed by atoms with E-state index in [4.69, 9.17) is 18.9 Å². The van der Waals surface area contributed by atoms with E-state index in [1.165, 1.54) is 46.6 Å². The van der Waals surface area contributed by atoms with Crippen LogP contribution >= 0.6 is 0 Å². The van der Waals surface area contributed by atoms with Gasteiger partial charge in [-0.05, 0) is 54.4 Å². The van der Waals surface area contributed by atoms with Gasteiger partial charge >= 0.3 is 0 Å². The largest absolute Gasteiger partial charge is 0.495 e. The van der Waals surface area contributed by atoms with Gasteiger partial charge in [-0.15, -0.1) is 0 Å². The molecule has 1 aliphatic heterocycles. The summed E-state index contributed by atoms with van der Waals surface area (Å²) in [4.78, 5) is 17.2. The number of rotatable bonds is 11. The number of benzene rings is 3. The first kappa shape index (κ1) is 29.9. The van der Waals surface area contributed by atoms with Gasteiger partial charge in [0.25, 0.3) is 5.91 Å². The molecule has 1 heterocycles. The van der Waals surface area contributed by atoms with Crippen molar-refractivity contribution in [3.8, 4) is 23.0 Å². The number of carbonyl (C=O) groups excluding carboxylic acids is 1. The van der Waals surface area contributed by atoms with E-state index in [1.807, 2.05) is 4.90 Å². The van der Waals surface area contributed by atoms with Crippen molar-refractivity contribution in [1.82, 2.24) is 9.62 Å². The molecular formula is C29H34FN3O7S. The minimum absolute atomic E-state index is 0.100. The minimum Gasteiger partial charge on any atom is -0.495 e. The zero-order valence-corrected chi connectivity index (χ0v) is 24.3. The van der Waals surface area contributed by atoms with Crippen LogP contribution in [0.4, 0.5) is 10.1 Å². The molecule has 0 saturated carbocycles. The molecule has 10 nitrogen and oxygen atoms in total. The van der Waals surface area contributed by atoms with Crippen LogP contribution in [0.15, 0.2) is 59.5 Å². The van der Waals surface area contributed by atoms with Crippen molar-refractivity contribution < 1.29 is 36.6 Å². The Labute approximate surface area is 239 Å². The second kappa shape index (κ2) is 13.1. The van der Waals surface area contributed by atoms with Gasteiger partial charge in [0.2, 0.25) is 15.8 Å². The zero-order chi connectivity index (χ0) is 29.6. The summed E-state index contributed by atoms with van der Waals surface area (Å²) >= 11 is 0. The van der Waals surface area contributed by atoms with Crippen LogP contribution in [0.5, 0.6) is 23.0 Å². The molecule has 0 spiro atoms. The molecule has 0 atom stereocenters. The van der Waals surface area contributed by atoms with Gasteiger partial charge in [0.1, 0.15) is 11.6 Å². The summed E-state index contributed by atoms with van der Waals surface area (Å²) in [7, 11) is 2.20. The number of carbonyl (C=O) groups is 1. The number of halogens is 1. The summed E-state index contributed by atoms with van der Waals surface area (Å²) in [6, 6.07) is 13.9. The molecule has 3 aromatic carbocycles. The average molecular weight is 588 g/mol. The smallest absolute Gasteiger partial charge is 0.254 e. The highest BCUT2D eigenvalue weighted by molar-refractivity contribution is 7.89. The summed E-state index contributed by atoms with van der Waals surface area (Å²) in [5, 5.41) is 0. The van der Waals surface area contributed by atoms with Crippen molar-refractivity contribution in [2.24, 2.45) is 0 Å². The standard InChI is InChI=1S/C29H34FN3O7S/c1-37-25-10-9-23(41(35,36)31-12-11-20-5-7-22(30)8-6-20)19-24(25)32-13-15-33(16-14-32)29(34)21-17-26(38-2)28(40-4)27(18-21)39-3/h5-10,17-19,31H,11-16H2,1-4H3. The molecule has 41 heavy (non-hydrogen) atoms. The first-order valence-electron chi connectivity index (χ1n) is 13.0. The second-order valence-electron chi connectivity index (χ2n) is 9.30. The normalized spacial score (nSPS) is 13.6. The number of sulfonamides is 1. The van der Waals surface area contributed by atoms with E-state index in [-0.39, 0.29) is 23.2 Å². The predicted molar refractivity (Wildman–Crippen MR) is 153 cm³/mol. The van der Waals surface area contributed by atoms with E-state index < -0.39 is 10.0 Å². The van der Waals surface area contributed by atoms with E-state index >= 15 is 0 Å². The van der Waals surface area contributed by atoms with E-state index in [0.717, 1.165) is 5.56 Å². The number of nitrogens with one attached hydrogen (secondary N) is 1. The molecule has 1 aliphatic rings. The van der Waals surface area contributed by atoms with Gasteiger partial charge in [0.15, 0.2) is 11.5 Å². The molecule has 1 amide bonds. The molecule has 0 aliphatic carbocycles. The Kier molecular flexibility index (Phi) is 9.56. The number of hydrogen-bond donors (Lipinski definition) is 1. The summed E-state index contributed by atoms with van der Waals surface area (Å²) < 4.78 is 63.5. The number of ether oxygens (including phenoxy) is 4. The maximum Gasteiger partial charge on any atom is 0.254 e. The van der Waals surface area contributed by atoms with Crippen LogP contribution in [0.1, 0.15) is 15.9 Å². The molecule has 0 unspecified atom stereocenters. The first-order valence-corrected chi connectivity index (χ1v) is 14.5. The van der Waals surface area contributed by atoms with Crippen molar-refractivity contribution in [3.05, 3.63) is 71.5 Å². The number of methoxy groups -OCH3 is 4. The molecule has 0 radical (unpaired) electrons. The molecule has 0 aromatic heterocycles. The Balaban J connectivity index is 1.45. The van der Waals surface area contributed by atoms with Gasteiger partial charge in [0.05, 0.1) is 39.0 Å². The zero-order valence-electron chi connectivity index (χ0n) is 23.5. The lowest BCUT2D eigenvalue weighted by Gasteiger charge is -2.37. The van der Waals surface area contributed by atoms with Gasteiger partial charge in [0, 0.05) is 38.3 Å². The highest BCUT2D eigenvalue weighted by Gasteiger charge is 2.27. The molecule has 3 aromatic rings. The second-order valence-corrected chi connectivity index (χ2v) is 11.1. The summed E-state index contributed by atoms with van der Waals surface area (Å²) in [5.41, 5.74) is 1.85. The Morgan fingerprint density at radius 2 is 1.44 bits per heavy atom. The number of nitrogens with zero attached hydrogens (tertiary/aromatic N) is 2. The van der Waals surface area contributed by atoms with Crippen LogP contribution < -0.4 is 28.6 Å². The Morgan fingerprint density at radius 3 is 2.00 bits per heavy atom. The van der Waals surface area contributed by atoms with Gasteiger partial charge in [-0.2, -0.15) is 0 Å². The van der Waals surface area contributed by atoms with Crippen molar-refractivity contribution >= 4 is 21.6 Å². The highest BCUT2D eigenvalue weighted by Crippen LogP contribution is 2.39. The fraction of sp³-hybridized carbons (Fsp3) is 0.345. The van der Waals surface area contributed by atoms with Crippen molar-refractivity contribution in [3.63, 3.8) is 0 Å². The molecule has 4 rings (SSSR count). The number of amides is 1. The lowest BCUT2D eigenvalue weighted by atomic mass is 10.1. The van der Waals surface area contributed by atoms with Gasteiger partial charge in [-0.25, -0.2) is 17.5 Å². The van der Waals surface area contributed by atoms with Crippen molar-refractivity contribution in [2.45, 2.75) is 11.3 Å². The third kappa shape index (κ3) is 6.83. The van der Waals surface area contributed by atoms with Gasteiger partial charge < -0.3 is 28.7 Å². The molecule has 220 valence electrons. The summed E-state index contributed by atoms with van der Waals surface area (Å²) in [5.74, 6) is 1.19. The Hall–Kier alpha value is -4.03. The van der Waals surface area contributed by atoms with E-state index in [2.05, 4.69) is 4.72 Å². The topological polar surface area (TPSA) is 107 Å². The maximum atomic E-state index is 13.3. The number of hydrogen-bond acceptors (Lipinski definition) is 8. The van der Waals surface area contributed by atoms with Gasteiger partial charge in [-0.1, -0.05) is 12.1 Å². The van der Waals surface area contributed by atoms with Crippen LogP contribution in [0.25, 0.3) is 0 Å². The molecule has 1 saturated heterocycles. The Bertz CT molecular complexity index is 1450. The fourth-order valence-electron chi connectivity index (χ4n) is 4.69. The van der Waals surface area contributed by atoms with E-state index in [9.17, 15) is 17.6 Å². The lowest BCUT2D eigenvalue weighted by molar-refractivity contribution is 0.0745. The van der Waals surface area contributed by atoms with Crippen LogP contribution in [0.3, 0.4) is 0 Å². The number of piperazine rings is 1. The van der Waals surface area contributed by atoms with Crippen LogP contribution in [0, 0.1) is 5.82 Å². The van der Waals surface area contributed by atoms with Crippen LogP contribution in [-0.2, 0) is 16.4 Å². The monoisotopic (exact) mass is 587 g/mol. The van der Waals surface area contributed by atoms with Gasteiger partial charge in [-0.3, -0.25) is 4.79 Å². The minimum atomic E-state index is -3.81. The van der Waals surface area contributed by atoms with Crippen molar-refractivity contribution in [1.29, 1.82) is 0 Å². The van der Waals surface area contributed by atoms with E-state index in [1.54, 1.807) is 41.3 Å². The quantitative estimate of drug-likeness (QED) is 0.364. The fourth-order valence-corrected chi connectivity index (χ4v) is 5.74. The van der Waals surface area contributed by atoms with Crippen LogP contribution in [-0.4, -0.2) is 80.4 Å². The molecule has 0 bridgehead atoms. The summed E-state index contributed by atoms with van der Waals surface area (Å²) in [6.45, 7) is 1.91.